The first-order chi connectivity index (χ1) is 10.1. The number of ether oxygens (including phenoxy) is 1. The Morgan fingerprint density at radius 1 is 1.52 bits per heavy atom. The van der Waals surface area contributed by atoms with Crippen molar-refractivity contribution >= 4 is 23.5 Å². The minimum atomic E-state index is -0.508. The van der Waals surface area contributed by atoms with Gasteiger partial charge in [-0.05, 0) is 19.1 Å². The van der Waals surface area contributed by atoms with Crippen molar-refractivity contribution in [3.8, 4) is 5.69 Å². The van der Waals surface area contributed by atoms with Crippen LogP contribution >= 0.6 is 11.6 Å². The quantitative estimate of drug-likeness (QED) is 0.861. The molecule has 0 fully saturated rings. The first-order valence-electron chi connectivity index (χ1n) is 6.44. The normalized spacial score (nSPS) is 13.0. The van der Waals surface area contributed by atoms with Crippen LogP contribution in [0.15, 0.2) is 24.5 Å². The summed E-state index contributed by atoms with van der Waals surface area (Å²) >= 11 is 6.11. The fraction of sp³-hybridized carbons (Fsp3) is 0.214. The number of amides is 1. The molecule has 1 aliphatic rings. The zero-order chi connectivity index (χ0) is 15.0. The van der Waals surface area contributed by atoms with Crippen molar-refractivity contribution in [3.63, 3.8) is 0 Å². The van der Waals surface area contributed by atoms with Gasteiger partial charge in [0.15, 0.2) is 5.69 Å². The second-order valence-electron chi connectivity index (χ2n) is 4.45. The van der Waals surface area contributed by atoms with Gasteiger partial charge in [-0.15, -0.1) is 0 Å². The molecule has 0 atom stereocenters. The first-order valence-corrected chi connectivity index (χ1v) is 6.81. The summed E-state index contributed by atoms with van der Waals surface area (Å²) in [6.45, 7) is 2.17. The van der Waals surface area contributed by atoms with E-state index in [-0.39, 0.29) is 24.8 Å². The number of carbonyl (C=O) groups excluding carboxylic acids is 2. The summed E-state index contributed by atoms with van der Waals surface area (Å²) < 4.78 is 6.66. The predicted molar refractivity (Wildman–Crippen MR) is 75.7 cm³/mol. The van der Waals surface area contributed by atoms with Crippen molar-refractivity contribution in [1.29, 1.82) is 0 Å². The average Bonchev–Trinajstić information content (AvgIpc) is 2.82. The third-order valence-electron chi connectivity index (χ3n) is 3.23. The third kappa shape index (κ3) is 2.17. The van der Waals surface area contributed by atoms with E-state index in [0.29, 0.717) is 22.0 Å². The molecule has 108 valence electrons. The maximum atomic E-state index is 12.2. The second kappa shape index (κ2) is 5.21. The number of nitrogens with one attached hydrogen (secondary N) is 1. The summed E-state index contributed by atoms with van der Waals surface area (Å²) in [5, 5.41) is 3.08. The van der Waals surface area contributed by atoms with Gasteiger partial charge in [0.25, 0.3) is 5.91 Å². The largest absolute Gasteiger partial charge is 0.461 e. The topological polar surface area (TPSA) is 73.2 Å². The van der Waals surface area contributed by atoms with Crippen molar-refractivity contribution in [1.82, 2.24) is 14.9 Å². The lowest BCUT2D eigenvalue weighted by molar-refractivity contribution is 0.0518. The number of benzene rings is 1. The lowest BCUT2D eigenvalue weighted by atomic mass is 10.1. The fourth-order valence-corrected chi connectivity index (χ4v) is 2.57. The van der Waals surface area contributed by atoms with Crippen LogP contribution in [0.2, 0.25) is 5.02 Å². The molecule has 7 heteroatoms. The summed E-state index contributed by atoms with van der Waals surface area (Å²) in [6, 6.07) is 5.15. The first kappa shape index (κ1) is 13.6. The number of hydrogen-bond donors (Lipinski definition) is 1. The van der Waals surface area contributed by atoms with Gasteiger partial charge in [-0.3, -0.25) is 9.36 Å². The highest BCUT2D eigenvalue weighted by Crippen LogP contribution is 2.27. The molecule has 1 aromatic carbocycles. The van der Waals surface area contributed by atoms with Gasteiger partial charge >= 0.3 is 5.97 Å². The molecule has 2 aromatic rings. The van der Waals surface area contributed by atoms with Crippen LogP contribution in [0.4, 0.5) is 0 Å². The minimum Gasteiger partial charge on any atom is -0.461 e. The maximum Gasteiger partial charge on any atom is 0.358 e. The molecule has 0 bridgehead atoms. The Balaban J connectivity index is 2.18. The highest BCUT2D eigenvalue weighted by Gasteiger charge is 2.27. The molecule has 6 nitrogen and oxygen atoms in total. The van der Waals surface area contributed by atoms with Crippen LogP contribution < -0.4 is 5.32 Å². The molecule has 1 amide bonds. The summed E-state index contributed by atoms with van der Waals surface area (Å²) in [5.41, 5.74) is 1.73. The van der Waals surface area contributed by atoms with Crippen molar-refractivity contribution in [3.05, 3.63) is 46.5 Å². The zero-order valence-corrected chi connectivity index (χ0v) is 12.0. The van der Waals surface area contributed by atoms with E-state index in [4.69, 9.17) is 16.3 Å². The number of fused-ring (bicyclic) bond motifs is 3. The lowest BCUT2D eigenvalue weighted by Crippen LogP contribution is -2.22. The molecule has 0 unspecified atom stereocenters. The molecule has 1 aliphatic heterocycles. The van der Waals surface area contributed by atoms with E-state index in [1.54, 1.807) is 29.7 Å². The molecule has 21 heavy (non-hydrogen) atoms. The maximum absolute atomic E-state index is 12.2. The number of imidazole rings is 1. The Bertz CT molecular complexity index is 739. The average molecular weight is 306 g/mol. The highest BCUT2D eigenvalue weighted by molar-refractivity contribution is 6.34. The van der Waals surface area contributed by atoms with Gasteiger partial charge in [0.2, 0.25) is 0 Å². The Hall–Kier alpha value is -2.34. The summed E-state index contributed by atoms with van der Waals surface area (Å²) in [5.74, 6) is -0.792. The number of esters is 1. The Labute approximate surface area is 125 Å². The van der Waals surface area contributed by atoms with E-state index in [2.05, 4.69) is 10.3 Å². The van der Waals surface area contributed by atoms with Gasteiger partial charge in [-0.2, -0.15) is 0 Å². The van der Waals surface area contributed by atoms with Gasteiger partial charge in [0, 0.05) is 0 Å². The standard InChI is InChI=1S/C14H12ClN3O3/c1-2-21-14(20)12-10-6-16-13(19)11-8(15)4-3-5-9(11)18(10)7-17-12/h3-5,7H,2,6H2,1H3,(H,16,19). The summed E-state index contributed by atoms with van der Waals surface area (Å²) in [6.07, 6.45) is 1.50. The van der Waals surface area contributed by atoms with Gasteiger partial charge < -0.3 is 10.1 Å². The fourth-order valence-electron chi connectivity index (χ4n) is 2.31. The molecule has 0 saturated heterocycles. The van der Waals surface area contributed by atoms with Gasteiger partial charge in [0.1, 0.15) is 6.33 Å². The minimum absolute atomic E-state index is 0.179. The Morgan fingerprint density at radius 3 is 3.10 bits per heavy atom. The van der Waals surface area contributed by atoms with Crippen molar-refractivity contribution in [2.75, 3.05) is 6.61 Å². The van der Waals surface area contributed by atoms with Crippen LogP contribution in [0.1, 0.15) is 33.5 Å². The second-order valence-corrected chi connectivity index (χ2v) is 4.85. The number of hydrogen-bond acceptors (Lipinski definition) is 4. The van der Waals surface area contributed by atoms with E-state index in [1.807, 2.05) is 0 Å². The molecular formula is C14H12ClN3O3. The van der Waals surface area contributed by atoms with Crippen LogP contribution in [0.5, 0.6) is 0 Å². The summed E-state index contributed by atoms with van der Waals surface area (Å²) in [4.78, 5) is 28.2. The predicted octanol–water partition coefficient (Wildman–Crippen LogP) is 1.95. The van der Waals surface area contributed by atoms with Gasteiger partial charge in [-0.25, -0.2) is 9.78 Å². The van der Waals surface area contributed by atoms with E-state index >= 15 is 0 Å². The number of nitrogens with zero attached hydrogens (tertiary/aromatic N) is 2. The van der Waals surface area contributed by atoms with Crippen molar-refractivity contribution < 1.29 is 14.3 Å². The van der Waals surface area contributed by atoms with Crippen LogP contribution in [0.25, 0.3) is 5.69 Å². The molecule has 0 radical (unpaired) electrons. The molecule has 0 aliphatic carbocycles. The number of rotatable bonds is 2. The Kier molecular flexibility index (Phi) is 3.39. The van der Waals surface area contributed by atoms with Gasteiger partial charge in [-0.1, -0.05) is 17.7 Å². The monoisotopic (exact) mass is 305 g/mol. The smallest absolute Gasteiger partial charge is 0.358 e. The van der Waals surface area contributed by atoms with Crippen LogP contribution in [-0.2, 0) is 11.3 Å². The van der Waals surface area contributed by atoms with Gasteiger partial charge in [0.05, 0.1) is 35.1 Å². The van der Waals surface area contributed by atoms with Crippen molar-refractivity contribution in [2.45, 2.75) is 13.5 Å². The third-order valence-corrected chi connectivity index (χ3v) is 3.54. The molecular weight excluding hydrogens is 294 g/mol. The zero-order valence-electron chi connectivity index (χ0n) is 11.2. The summed E-state index contributed by atoms with van der Waals surface area (Å²) in [7, 11) is 0. The van der Waals surface area contributed by atoms with E-state index in [0.717, 1.165) is 0 Å². The SMILES string of the molecule is CCOC(=O)c1ncn2c1CNC(=O)c1c(Cl)cccc1-2. The highest BCUT2D eigenvalue weighted by atomic mass is 35.5. The lowest BCUT2D eigenvalue weighted by Gasteiger charge is -2.08. The molecule has 2 heterocycles. The van der Waals surface area contributed by atoms with E-state index in [1.165, 1.54) is 6.33 Å². The van der Waals surface area contributed by atoms with Crippen LogP contribution in [0, 0.1) is 0 Å². The molecule has 1 aromatic heterocycles. The van der Waals surface area contributed by atoms with Crippen molar-refractivity contribution in [2.24, 2.45) is 0 Å². The molecule has 3 rings (SSSR count). The number of halogens is 1. The van der Waals surface area contributed by atoms with Crippen LogP contribution in [-0.4, -0.2) is 28.0 Å². The Morgan fingerprint density at radius 2 is 2.33 bits per heavy atom. The van der Waals surface area contributed by atoms with E-state index in [9.17, 15) is 9.59 Å². The molecule has 0 saturated carbocycles. The van der Waals surface area contributed by atoms with E-state index < -0.39 is 5.97 Å². The molecule has 1 N–H and O–H groups in total. The molecule has 0 spiro atoms. The van der Waals surface area contributed by atoms with Crippen LogP contribution in [0.3, 0.4) is 0 Å². The number of aromatic nitrogens is 2. The number of carbonyl (C=O) groups is 2.